The molecule has 0 spiro atoms. The fourth-order valence-electron chi connectivity index (χ4n) is 0.642. The van der Waals surface area contributed by atoms with E-state index in [9.17, 15) is 14.4 Å². The van der Waals surface area contributed by atoms with E-state index in [0.717, 1.165) is 6.08 Å². The van der Waals surface area contributed by atoms with Gasteiger partial charge in [0.25, 0.3) is 0 Å². The molecule has 122 valence electrons. The van der Waals surface area contributed by atoms with Crippen molar-refractivity contribution in [3.63, 3.8) is 0 Å². The van der Waals surface area contributed by atoms with Crippen molar-refractivity contribution >= 4 is 43.2 Å². The van der Waals surface area contributed by atoms with Gasteiger partial charge in [-0.15, -0.1) is 12.6 Å². The summed E-state index contributed by atoms with van der Waals surface area (Å²) in [5.41, 5.74) is 5.07. The maximum atomic E-state index is 10.3. The van der Waals surface area contributed by atoms with Crippen molar-refractivity contribution in [1.82, 2.24) is 4.98 Å². The van der Waals surface area contributed by atoms with E-state index in [4.69, 9.17) is 21.1 Å². The third kappa shape index (κ3) is 11.8. The molecule has 0 bridgehead atoms. The molecule has 0 radical (unpaired) electrons. The van der Waals surface area contributed by atoms with E-state index < -0.39 is 23.9 Å². The van der Waals surface area contributed by atoms with E-state index in [1.165, 1.54) is 12.3 Å². The quantitative estimate of drug-likeness (QED) is 0.343. The Labute approximate surface area is 137 Å². The number of pyridine rings is 1. The maximum absolute atomic E-state index is 10.3. The number of aromatic carboxylic acids is 1. The van der Waals surface area contributed by atoms with Crippen LogP contribution in [-0.2, 0) is 9.59 Å². The van der Waals surface area contributed by atoms with Crippen LogP contribution in [0.3, 0.4) is 0 Å². The minimum absolute atomic E-state index is 0.130. The van der Waals surface area contributed by atoms with Gasteiger partial charge in [0.15, 0.2) is 0 Å². The summed E-state index contributed by atoms with van der Waals surface area (Å²) >= 11 is 7.49. The minimum atomic E-state index is -1.00. The lowest BCUT2D eigenvalue weighted by Crippen LogP contribution is -2.31. The molecule has 0 amide bonds. The van der Waals surface area contributed by atoms with Gasteiger partial charge in [-0.3, -0.25) is 4.79 Å². The molecule has 1 aromatic heterocycles. The normalized spacial score (nSPS) is 9.95. The molecule has 0 saturated heterocycles. The predicted molar refractivity (Wildman–Crippen MR) is 85.7 cm³/mol. The molecule has 0 aliphatic carbocycles. The largest absolute Gasteiger partial charge is 0.480 e. The van der Waals surface area contributed by atoms with Gasteiger partial charge < -0.3 is 21.1 Å². The monoisotopic (exact) mass is 348 g/mol. The molecule has 10 heteroatoms. The summed E-state index contributed by atoms with van der Waals surface area (Å²) in [6, 6.07) is 2.20. The molecular weight excluding hydrogens is 332 g/mol. The molecule has 0 aliphatic rings. The van der Waals surface area contributed by atoms with Gasteiger partial charge in [0, 0.05) is 18.0 Å². The molecule has 1 heterocycles. The van der Waals surface area contributed by atoms with Crippen molar-refractivity contribution in [1.29, 1.82) is 0 Å². The second kappa shape index (κ2) is 12.7. The molecule has 1 unspecified atom stereocenters. The van der Waals surface area contributed by atoms with Crippen molar-refractivity contribution in [3.05, 3.63) is 36.5 Å². The highest BCUT2D eigenvalue weighted by molar-refractivity contribution is 7.80. The molecule has 5 N–H and O–H groups in total. The Kier molecular flexibility index (Phi) is 12.8. The SMILES string of the molecule is C=CC(=O)O.NC(CS)C(=O)O.O=C(O)c1cccnc1S. The van der Waals surface area contributed by atoms with E-state index in [1.54, 1.807) is 6.07 Å². The van der Waals surface area contributed by atoms with E-state index in [-0.39, 0.29) is 16.3 Å². The van der Waals surface area contributed by atoms with Crippen molar-refractivity contribution < 1.29 is 29.7 Å². The number of rotatable bonds is 4. The van der Waals surface area contributed by atoms with Gasteiger partial charge in [-0.1, -0.05) is 6.58 Å². The molecule has 0 fully saturated rings. The summed E-state index contributed by atoms with van der Waals surface area (Å²) in [5, 5.41) is 24.3. The smallest absolute Gasteiger partial charge is 0.338 e. The van der Waals surface area contributed by atoms with Gasteiger partial charge in [-0.05, 0) is 12.1 Å². The number of thiol groups is 2. The zero-order valence-corrected chi connectivity index (χ0v) is 13.1. The van der Waals surface area contributed by atoms with Crippen LogP contribution in [0.4, 0.5) is 0 Å². The zero-order chi connectivity index (χ0) is 17.7. The molecule has 0 aromatic carbocycles. The number of hydrogen-bond donors (Lipinski definition) is 6. The fraction of sp³-hybridized carbons (Fsp3) is 0.167. The van der Waals surface area contributed by atoms with E-state index in [0.29, 0.717) is 0 Å². The van der Waals surface area contributed by atoms with Crippen LogP contribution < -0.4 is 5.73 Å². The van der Waals surface area contributed by atoms with Gasteiger partial charge in [-0.25, -0.2) is 14.6 Å². The highest BCUT2D eigenvalue weighted by Crippen LogP contribution is 2.08. The third-order valence-corrected chi connectivity index (χ3v) is 2.46. The highest BCUT2D eigenvalue weighted by atomic mass is 32.1. The van der Waals surface area contributed by atoms with Crippen LogP contribution in [0.25, 0.3) is 0 Å². The van der Waals surface area contributed by atoms with Crippen molar-refractivity contribution in [2.75, 3.05) is 5.75 Å². The topological polar surface area (TPSA) is 151 Å². The van der Waals surface area contributed by atoms with Gasteiger partial charge in [0.05, 0.1) is 5.56 Å². The first-order valence-corrected chi connectivity index (χ1v) is 6.57. The molecule has 8 nitrogen and oxygen atoms in total. The molecule has 1 rings (SSSR count). The number of aromatic nitrogens is 1. The van der Waals surface area contributed by atoms with Crippen LogP contribution in [0, 0.1) is 0 Å². The zero-order valence-electron chi connectivity index (χ0n) is 11.3. The number of nitrogens with zero attached hydrogens (tertiary/aromatic N) is 1. The number of aliphatic carboxylic acids is 2. The maximum Gasteiger partial charge on any atom is 0.338 e. The van der Waals surface area contributed by atoms with E-state index in [1.807, 2.05) is 0 Å². The number of carbonyl (C=O) groups is 3. The summed E-state index contributed by atoms with van der Waals surface area (Å²) < 4.78 is 0. The fourth-order valence-corrected chi connectivity index (χ4v) is 1.04. The Morgan fingerprint density at radius 2 is 1.86 bits per heavy atom. The molecule has 1 atom stereocenters. The predicted octanol–water partition coefficient (Wildman–Crippen LogP) is 0.654. The molecule has 0 aliphatic heterocycles. The van der Waals surface area contributed by atoms with Gasteiger partial charge in [-0.2, -0.15) is 12.6 Å². The molecule has 22 heavy (non-hydrogen) atoms. The van der Waals surface area contributed by atoms with Crippen LogP contribution in [-0.4, -0.2) is 50.0 Å². The number of nitrogens with two attached hydrogens (primary N) is 1. The van der Waals surface area contributed by atoms with Crippen LogP contribution in [0.2, 0.25) is 0 Å². The van der Waals surface area contributed by atoms with Crippen molar-refractivity contribution in [3.8, 4) is 0 Å². The minimum Gasteiger partial charge on any atom is -0.480 e. The number of carboxylic acids is 3. The van der Waals surface area contributed by atoms with Crippen molar-refractivity contribution in [2.24, 2.45) is 5.73 Å². The Hall–Kier alpha value is -2.04. The Bertz CT molecular complexity index is 524. The summed E-state index contributed by atoms with van der Waals surface area (Å²) in [6.07, 6.45) is 2.33. The molecule has 0 saturated carbocycles. The average Bonchev–Trinajstić information content (AvgIpc) is 2.47. The van der Waals surface area contributed by atoms with Crippen LogP contribution in [0.15, 0.2) is 36.0 Å². The summed E-state index contributed by atoms with van der Waals surface area (Å²) in [5.74, 6) is -2.80. The first-order chi connectivity index (χ1) is 10.2. The van der Waals surface area contributed by atoms with Gasteiger partial charge in [0.1, 0.15) is 11.1 Å². The standard InChI is InChI=1S/C6H5NO2S.C3H7NO2S.C3H4O2/c8-6(9)4-2-1-3-7-5(4)10;4-2(1-7)3(5)6;1-2-3(4)5/h1-3H,(H,7,10)(H,8,9);2,7H,1,4H2,(H,5,6);2H,1H2,(H,4,5). The summed E-state index contributed by atoms with van der Waals surface area (Å²) in [7, 11) is 0. The lowest BCUT2D eigenvalue weighted by molar-refractivity contribution is -0.138. The average molecular weight is 348 g/mol. The Morgan fingerprint density at radius 1 is 1.36 bits per heavy atom. The highest BCUT2D eigenvalue weighted by Gasteiger charge is 2.06. The third-order valence-electron chi connectivity index (χ3n) is 1.71. The Morgan fingerprint density at radius 3 is 2.05 bits per heavy atom. The Balaban J connectivity index is 0. The van der Waals surface area contributed by atoms with Gasteiger partial charge in [0.2, 0.25) is 0 Å². The van der Waals surface area contributed by atoms with E-state index in [2.05, 4.69) is 36.8 Å². The molecule has 1 aromatic rings. The lowest BCUT2D eigenvalue weighted by atomic mass is 10.3. The van der Waals surface area contributed by atoms with Crippen LogP contribution >= 0.6 is 25.3 Å². The first-order valence-electron chi connectivity index (χ1n) is 5.49. The number of hydrogen-bond acceptors (Lipinski definition) is 7. The summed E-state index contributed by atoms with van der Waals surface area (Å²) in [6.45, 7) is 2.96. The second-order valence-electron chi connectivity index (χ2n) is 3.35. The molecular formula is C12H16N2O6S2. The van der Waals surface area contributed by atoms with Crippen LogP contribution in [0.1, 0.15) is 10.4 Å². The summed E-state index contributed by atoms with van der Waals surface area (Å²) in [4.78, 5) is 33.0. The van der Waals surface area contributed by atoms with Gasteiger partial charge >= 0.3 is 17.9 Å². The lowest BCUT2D eigenvalue weighted by Gasteiger charge is -1.96. The second-order valence-corrected chi connectivity index (χ2v) is 4.14. The first kappa shape index (κ1) is 22.2. The number of carboxylic acid groups (broad SMARTS) is 3. The van der Waals surface area contributed by atoms with E-state index >= 15 is 0 Å². The van der Waals surface area contributed by atoms with Crippen LogP contribution in [0.5, 0.6) is 0 Å². The van der Waals surface area contributed by atoms with Crippen molar-refractivity contribution in [2.45, 2.75) is 11.1 Å².